The fourth-order valence-corrected chi connectivity index (χ4v) is 2.37. The van der Waals surface area contributed by atoms with Gasteiger partial charge < -0.3 is 19.8 Å². The second-order valence-corrected chi connectivity index (χ2v) is 5.61. The summed E-state index contributed by atoms with van der Waals surface area (Å²) in [6.07, 6.45) is 0. The highest BCUT2D eigenvalue weighted by Crippen LogP contribution is 1.92. The van der Waals surface area contributed by atoms with Gasteiger partial charge in [0.2, 0.25) is 0 Å². The van der Waals surface area contributed by atoms with Crippen molar-refractivity contribution in [2.75, 3.05) is 39.3 Å². The van der Waals surface area contributed by atoms with Gasteiger partial charge in [-0.2, -0.15) is 11.3 Å². The van der Waals surface area contributed by atoms with Gasteiger partial charge in [0.15, 0.2) is 0 Å². The monoisotopic (exact) mass is 330 g/mol. The van der Waals surface area contributed by atoms with Gasteiger partial charge in [-0.15, -0.1) is 0 Å². The lowest BCUT2D eigenvalue weighted by Gasteiger charge is -2.13. The second kappa shape index (κ2) is 17.0. The van der Waals surface area contributed by atoms with E-state index in [0.29, 0.717) is 4.78 Å². The first-order chi connectivity index (χ1) is 10.5. The Kier molecular flexibility index (Phi) is 18.4. The summed E-state index contributed by atoms with van der Waals surface area (Å²) in [5.41, 5.74) is 0. The predicted molar refractivity (Wildman–Crippen MR) is 101 cm³/mol. The lowest BCUT2D eigenvalue weighted by atomic mass is 9.90. The summed E-state index contributed by atoms with van der Waals surface area (Å²) >= 11 is 1.33. The maximum absolute atomic E-state index is 8.48. The molecular formula is C16H35BN2O2S. The van der Waals surface area contributed by atoms with Crippen molar-refractivity contribution in [3.8, 4) is 0 Å². The highest BCUT2D eigenvalue weighted by molar-refractivity contribution is 7.20. The molecule has 0 aliphatic rings. The standard InChI is InChI=1S/2C6H15N.C4H5BO2S/c2*1-4-7(5-2)6-3;6-5(7)4-2-1-3-8-4/h2*4-6H2,1-3H3;1-3,6-7H. The Hall–Kier alpha value is -0.395. The van der Waals surface area contributed by atoms with Crippen molar-refractivity contribution in [1.82, 2.24) is 9.80 Å². The molecule has 0 amide bonds. The molecule has 0 aromatic carbocycles. The van der Waals surface area contributed by atoms with Gasteiger partial charge >= 0.3 is 7.12 Å². The van der Waals surface area contributed by atoms with Gasteiger partial charge in [-0.05, 0) is 44.6 Å². The molecule has 0 bridgehead atoms. The Labute approximate surface area is 141 Å². The SMILES string of the molecule is CCN(CC)CC.CCN(CC)CC.OB(O)c1cccs1. The summed E-state index contributed by atoms with van der Waals surface area (Å²) in [7, 11) is -1.30. The number of hydrogen-bond donors (Lipinski definition) is 2. The molecule has 1 heterocycles. The fourth-order valence-electron chi connectivity index (χ4n) is 1.78. The first-order valence-corrected chi connectivity index (χ1v) is 9.22. The molecule has 0 aliphatic heterocycles. The van der Waals surface area contributed by atoms with Crippen molar-refractivity contribution in [1.29, 1.82) is 0 Å². The number of thiophene rings is 1. The smallest absolute Gasteiger partial charge is 0.423 e. The van der Waals surface area contributed by atoms with E-state index < -0.39 is 7.12 Å². The van der Waals surface area contributed by atoms with E-state index in [4.69, 9.17) is 10.0 Å². The van der Waals surface area contributed by atoms with Crippen LogP contribution in [0.25, 0.3) is 0 Å². The molecule has 2 N–H and O–H groups in total. The molecule has 0 saturated heterocycles. The Bertz CT molecular complexity index is 280. The quantitative estimate of drug-likeness (QED) is 0.752. The van der Waals surface area contributed by atoms with E-state index in [1.807, 2.05) is 0 Å². The lowest BCUT2D eigenvalue weighted by molar-refractivity contribution is 0.321. The van der Waals surface area contributed by atoms with Crippen molar-refractivity contribution >= 4 is 23.2 Å². The molecule has 1 aromatic heterocycles. The van der Waals surface area contributed by atoms with Crippen LogP contribution in [0.15, 0.2) is 17.5 Å². The van der Waals surface area contributed by atoms with Crippen LogP contribution in [0, 0.1) is 0 Å². The van der Waals surface area contributed by atoms with E-state index in [2.05, 4.69) is 51.3 Å². The summed E-state index contributed by atoms with van der Waals surface area (Å²) in [5.74, 6) is 0. The van der Waals surface area contributed by atoms with E-state index in [1.165, 1.54) is 50.6 Å². The van der Waals surface area contributed by atoms with Crippen LogP contribution in [0.1, 0.15) is 41.5 Å². The summed E-state index contributed by atoms with van der Waals surface area (Å²) in [5, 5.41) is 18.8. The molecule has 0 aliphatic carbocycles. The van der Waals surface area contributed by atoms with Crippen LogP contribution in [0.3, 0.4) is 0 Å². The molecule has 22 heavy (non-hydrogen) atoms. The minimum absolute atomic E-state index is 0.588. The minimum atomic E-state index is -1.30. The van der Waals surface area contributed by atoms with Crippen LogP contribution >= 0.6 is 11.3 Å². The molecule has 0 fully saturated rings. The summed E-state index contributed by atoms with van der Waals surface area (Å²) in [6, 6.07) is 3.45. The molecule has 0 radical (unpaired) electrons. The van der Waals surface area contributed by atoms with Gasteiger partial charge in [-0.1, -0.05) is 53.7 Å². The Morgan fingerprint density at radius 1 is 0.818 bits per heavy atom. The van der Waals surface area contributed by atoms with Crippen LogP contribution in [-0.2, 0) is 0 Å². The van der Waals surface area contributed by atoms with Crippen molar-refractivity contribution in [2.45, 2.75) is 41.5 Å². The molecule has 1 aromatic rings. The third-order valence-corrected chi connectivity index (χ3v) is 4.39. The van der Waals surface area contributed by atoms with Crippen molar-refractivity contribution in [2.24, 2.45) is 0 Å². The highest BCUT2D eigenvalue weighted by atomic mass is 32.1. The molecule has 130 valence electrons. The van der Waals surface area contributed by atoms with E-state index >= 15 is 0 Å². The fraction of sp³-hybridized carbons (Fsp3) is 0.750. The number of nitrogens with zero attached hydrogens (tertiary/aromatic N) is 2. The zero-order valence-corrected chi connectivity index (χ0v) is 16.1. The first-order valence-electron chi connectivity index (χ1n) is 8.34. The van der Waals surface area contributed by atoms with Crippen molar-refractivity contribution in [3.05, 3.63) is 17.5 Å². The van der Waals surface area contributed by atoms with Crippen molar-refractivity contribution < 1.29 is 10.0 Å². The average Bonchev–Trinajstić information content (AvgIpc) is 3.07. The van der Waals surface area contributed by atoms with Crippen molar-refractivity contribution in [3.63, 3.8) is 0 Å². The van der Waals surface area contributed by atoms with Gasteiger partial charge in [-0.3, -0.25) is 0 Å². The number of rotatable bonds is 7. The highest BCUT2D eigenvalue weighted by Gasteiger charge is 2.09. The third-order valence-electron chi connectivity index (χ3n) is 3.48. The molecule has 1 rings (SSSR count). The maximum Gasteiger partial charge on any atom is 0.499 e. The minimum Gasteiger partial charge on any atom is -0.423 e. The Balaban J connectivity index is 0. The van der Waals surface area contributed by atoms with E-state index in [-0.39, 0.29) is 0 Å². The molecule has 0 unspecified atom stereocenters. The normalized spacial score (nSPS) is 9.91. The molecule has 4 nitrogen and oxygen atoms in total. The second-order valence-electron chi connectivity index (χ2n) is 4.63. The molecule has 0 spiro atoms. The Morgan fingerprint density at radius 2 is 1.18 bits per heavy atom. The van der Waals surface area contributed by atoms with Crippen LogP contribution in [0.5, 0.6) is 0 Å². The van der Waals surface area contributed by atoms with Gasteiger partial charge in [0.05, 0.1) is 0 Å². The average molecular weight is 330 g/mol. The topological polar surface area (TPSA) is 46.9 Å². The van der Waals surface area contributed by atoms with E-state index in [1.54, 1.807) is 17.5 Å². The zero-order chi connectivity index (χ0) is 17.4. The first kappa shape index (κ1) is 23.9. The van der Waals surface area contributed by atoms with Crippen LogP contribution in [0.4, 0.5) is 0 Å². The van der Waals surface area contributed by atoms with Gasteiger partial charge in [0.1, 0.15) is 0 Å². The predicted octanol–water partition coefficient (Wildman–Crippen LogP) is 2.12. The maximum atomic E-state index is 8.48. The third kappa shape index (κ3) is 13.3. The summed E-state index contributed by atoms with van der Waals surface area (Å²) in [4.78, 5) is 4.75. The van der Waals surface area contributed by atoms with Gasteiger partial charge in [-0.25, -0.2) is 0 Å². The van der Waals surface area contributed by atoms with E-state index in [9.17, 15) is 0 Å². The van der Waals surface area contributed by atoms with Crippen LogP contribution < -0.4 is 4.78 Å². The lowest BCUT2D eigenvalue weighted by Crippen LogP contribution is -2.26. The van der Waals surface area contributed by atoms with Gasteiger partial charge in [0.25, 0.3) is 0 Å². The molecule has 0 saturated carbocycles. The van der Waals surface area contributed by atoms with E-state index in [0.717, 1.165) is 0 Å². The van der Waals surface area contributed by atoms with Crippen LogP contribution in [-0.4, -0.2) is 66.2 Å². The largest absolute Gasteiger partial charge is 0.499 e. The zero-order valence-electron chi connectivity index (χ0n) is 15.2. The molecular weight excluding hydrogens is 295 g/mol. The Morgan fingerprint density at radius 3 is 1.27 bits per heavy atom. The number of hydrogen-bond acceptors (Lipinski definition) is 5. The van der Waals surface area contributed by atoms with Crippen LogP contribution in [0.2, 0.25) is 0 Å². The summed E-state index contributed by atoms with van der Waals surface area (Å²) < 4.78 is 0.588. The molecule has 0 atom stereocenters. The summed E-state index contributed by atoms with van der Waals surface area (Å²) in [6.45, 7) is 20.2. The van der Waals surface area contributed by atoms with Gasteiger partial charge in [0, 0.05) is 4.78 Å². The molecule has 6 heteroatoms.